The molecule has 158 valence electrons. The monoisotopic (exact) mass is 455 g/mol. The van der Waals surface area contributed by atoms with Gasteiger partial charge in [0.05, 0.1) is 27.9 Å². The number of carbonyl (C=O) groups is 1. The van der Waals surface area contributed by atoms with E-state index in [9.17, 15) is 33.3 Å². The number of hydrogen-bond acceptors (Lipinski definition) is 7. The molecule has 0 aliphatic carbocycles. The Bertz CT molecular complexity index is 975. The molecule has 1 aliphatic heterocycles. The Morgan fingerprint density at radius 1 is 1.10 bits per heavy atom. The van der Waals surface area contributed by atoms with E-state index in [-0.39, 0.29) is 21.8 Å². The van der Waals surface area contributed by atoms with Gasteiger partial charge in [-0.2, -0.15) is 18.4 Å². The van der Waals surface area contributed by atoms with Crippen molar-refractivity contribution in [2.75, 3.05) is 5.75 Å². The van der Waals surface area contributed by atoms with Crippen LogP contribution in [0.4, 0.5) is 13.2 Å². The largest absolute Gasteiger partial charge is 0.416 e. The summed E-state index contributed by atoms with van der Waals surface area (Å²) in [7, 11) is 0. The molecule has 0 amide bonds. The van der Waals surface area contributed by atoms with E-state index in [1.165, 1.54) is 24.3 Å². The van der Waals surface area contributed by atoms with Gasteiger partial charge in [0.15, 0.2) is 5.78 Å². The highest BCUT2D eigenvalue weighted by Crippen LogP contribution is 2.41. The number of rotatable bonds is 4. The molecule has 30 heavy (non-hydrogen) atoms. The van der Waals surface area contributed by atoms with Crippen LogP contribution in [0.3, 0.4) is 0 Å². The van der Waals surface area contributed by atoms with Crippen LogP contribution >= 0.6 is 23.5 Å². The second kappa shape index (κ2) is 8.99. The van der Waals surface area contributed by atoms with Crippen LogP contribution in [0.2, 0.25) is 0 Å². The summed E-state index contributed by atoms with van der Waals surface area (Å²) in [6.07, 6.45) is -8.49. The molecule has 10 heteroatoms. The third-order valence-electron chi connectivity index (χ3n) is 4.53. The molecule has 5 nitrogen and oxygen atoms in total. The van der Waals surface area contributed by atoms with E-state index in [0.29, 0.717) is 5.56 Å². The van der Waals surface area contributed by atoms with Gasteiger partial charge in [-0.1, -0.05) is 0 Å². The van der Waals surface area contributed by atoms with Gasteiger partial charge < -0.3 is 15.3 Å². The summed E-state index contributed by atoms with van der Waals surface area (Å²) < 4.78 is 39.0. The highest BCUT2D eigenvalue weighted by molar-refractivity contribution is 8.17. The summed E-state index contributed by atoms with van der Waals surface area (Å²) in [6.45, 7) is 0. The number of halogens is 3. The molecular weight excluding hydrogens is 439 g/mol. The summed E-state index contributed by atoms with van der Waals surface area (Å²) in [5.41, 5.74) is -0.772. The SMILES string of the molecule is N#Cc1ccc(C(=O)c2cc(C(F)(F)F)ccc2S[C@@H]2SC[C@@H](O)[C@H](O)[C@H]2O)cc1. The summed E-state index contributed by atoms with van der Waals surface area (Å²) >= 11 is 2.10. The average molecular weight is 455 g/mol. The molecule has 2 aromatic carbocycles. The molecule has 0 saturated carbocycles. The van der Waals surface area contributed by atoms with Crippen molar-refractivity contribution in [1.82, 2.24) is 0 Å². The van der Waals surface area contributed by atoms with Crippen molar-refractivity contribution in [3.8, 4) is 6.07 Å². The maximum absolute atomic E-state index is 13.2. The first-order chi connectivity index (χ1) is 14.1. The first kappa shape index (κ1) is 22.7. The zero-order chi connectivity index (χ0) is 22.1. The molecule has 1 saturated heterocycles. The van der Waals surface area contributed by atoms with Crippen molar-refractivity contribution in [2.24, 2.45) is 0 Å². The van der Waals surface area contributed by atoms with Gasteiger partial charge >= 0.3 is 6.18 Å². The van der Waals surface area contributed by atoms with Gasteiger partial charge in [0, 0.05) is 21.8 Å². The van der Waals surface area contributed by atoms with Crippen LogP contribution in [0.25, 0.3) is 0 Å². The van der Waals surface area contributed by atoms with Crippen LogP contribution in [0.15, 0.2) is 47.4 Å². The molecule has 0 bridgehead atoms. The van der Waals surface area contributed by atoms with Crippen LogP contribution in [-0.2, 0) is 6.18 Å². The van der Waals surface area contributed by atoms with Crippen LogP contribution in [0.1, 0.15) is 27.0 Å². The Kier molecular flexibility index (Phi) is 6.79. The van der Waals surface area contributed by atoms with Crippen molar-refractivity contribution >= 4 is 29.3 Å². The lowest BCUT2D eigenvalue weighted by molar-refractivity contribution is -0.137. The van der Waals surface area contributed by atoms with E-state index in [1.807, 2.05) is 6.07 Å². The van der Waals surface area contributed by atoms with E-state index in [4.69, 9.17) is 5.26 Å². The Morgan fingerprint density at radius 3 is 2.37 bits per heavy atom. The summed E-state index contributed by atoms with van der Waals surface area (Å²) in [4.78, 5) is 13.2. The minimum absolute atomic E-state index is 0.113. The summed E-state index contributed by atoms with van der Waals surface area (Å²) in [6, 6.07) is 10.2. The lowest BCUT2D eigenvalue weighted by atomic mass is 10.00. The van der Waals surface area contributed by atoms with Gasteiger partial charge in [-0.25, -0.2) is 0 Å². The molecule has 1 heterocycles. The van der Waals surface area contributed by atoms with Crippen molar-refractivity contribution in [2.45, 2.75) is 34.0 Å². The normalized spacial score (nSPS) is 24.3. The quantitative estimate of drug-likeness (QED) is 0.609. The standard InChI is InChI=1S/C20H16F3NO4S2/c21-20(22,23)12-5-6-15(30-19-18(28)17(27)14(25)9-29-19)13(7-12)16(26)11-3-1-10(8-24)2-4-11/h1-7,14,17-19,25,27-28H,9H2/t14-,17+,18-,19+/m1/s1. The lowest BCUT2D eigenvalue weighted by Crippen LogP contribution is -2.47. The van der Waals surface area contributed by atoms with Gasteiger partial charge in [-0.05, 0) is 42.5 Å². The zero-order valence-corrected chi connectivity index (χ0v) is 16.8. The van der Waals surface area contributed by atoms with Crippen LogP contribution < -0.4 is 0 Å². The van der Waals surface area contributed by atoms with Gasteiger partial charge in [-0.15, -0.1) is 23.5 Å². The number of alkyl halides is 3. The van der Waals surface area contributed by atoms with Gasteiger partial charge in [-0.3, -0.25) is 4.79 Å². The minimum atomic E-state index is -4.65. The number of carbonyl (C=O) groups excluding carboxylic acids is 1. The Morgan fingerprint density at radius 2 is 1.77 bits per heavy atom. The number of aliphatic hydroxyl groups is 3. The highest BCUT2D eigenvalue weighted by atomic mass is 32.2. The fourth-order valence-electron chi connectivity index (χ4n) is 2.85. The molecule has 3 N–H and O–H groups in total. The number of aliphatic hydroxyl groups excluding tert-OH is 3. The van der Waals surface area contributed by atoms with E-state index < -0.39 is 40.4 Å². The van der Waals surface area contributed by atoms with Crippen molar-refractivity contribution < 1.29 is 33.3 Å². The highest BCUT2D eigenvalue weighted by Gasteiger charge is 2.38. The smallest absolute Gasteiger partial charge is 0.389 e. The number of nitrogens with zero attached hydrogens (tertiary/aromatic N) is 1. The Hall–Kier alpha value is -2.03. The van der Waals surface area contributed by atoms with Crippen molar-refractivity contribution in [1.29, 1.82) is 5.26 Å². The van der Waals surface area contributed by atoms with Crippen LogP contribution in [-0.4, -0.2) is 49.7 Å². The second-order valence-corrected chi connectivity index (χ2v) is 9.25. The molecule has 1 aliphatic rings. The van der Waals surface area contributed by atoms with Crippen molar-refractivity contribution in [3.05, 3.63) is 64.7 Å². The predicted octanol–water partition coefficient (Wildman–Crippen LogP) is 3.06. The lowest BCUT2D eigenvalue weighted by Gasteiger charge is -2.34. The molecule has 0 unspecified atom stereocenters. The molecule has 1 fully saturated rings. The first-order valence-electron chi connectivity index (χ1n) is 8.70. The Labute approximate surface area is 178 Å². The number of benzene rings is 2. The molecule has 4 atom stereocenters. The number of hydrogen-bond donors (Lipinski definition) is 3. The Balaban J connectivity index is 1.98. The molecule has 0 aromatic heterocycles. The number of nitriles is 1. The minimum Gasteiger partial charge on any atom is -0.389 e. The predicted molar refractivity (Wildman–Crippen MR) is 106 cm³/mol. The second-order valence-electron chi connectivity index (χ2n) is 6.60. The fourth-order valence-corrected chi connectivity index (χ4v) is 5.58. The maximum atomic E-state index is 13.2. The molecule has 2 aromatic rings. The maximum Gasteiger partial charge on any atom is 0.416 e. The molecule has 3 rings (SSSR count). The van der Waals surface area contributed by atoms with E-state index in [0.717, 1.165) is 41.7 Å². The topological polar surface area (TPSA) is 102 Å². The third-order valence-corrected chi connectivity index (χ3v) is 7.48. The molecule has 0 radical (unpaired) electrons. The van der Waals surface area contributed by atoms with Gasteiger partial charge in [0.25, 0.3) is 0 Å². The van der Waals surface area contributed by atoms with E-state index >= 15 is 0 Å². The zero-order valence-electron chi connectivity index (χ0n) is 15.2. The number of ketones is 1. The molecule has 0 spiro atoms. The first-order valence-corrected chi connectivity index (χ1v) is 10.6. The van der Waals surface area contributed by atoms with Crippen LogP contribution in [0, 0.1) is 11.3 Å². The van der Waals surface area contributed by atoms with Crippen LogP contribution in [0.5, 0.6) is 0 Å². The number of thioether (sulfide) groups is 2. The summed E-state index contributed by atoms with van der Waals surface area (Å²) in [5.74, 6) is -0.529. The third kappa shape index (κ3) is 4.82. The van der Waals surface area contributed by atoms with Crippen molar-refractivity contribution in [3.63, 3.8) is 0 Å². The summed E-state index contributed by atoms with van der Waals surface area (Å²) in [5, 5.41) is 38.6. The molecular formula is C20H16F3NO4S2. The fraction of sp³-hybridized carbons (Fsp3) is 0.300. The van der Waals surface area contributed by atoms with Gasteiger partial charge in [0.2, 0.25) is 0 Å². The van der Waals surface area contributed by atoms with E-state index in [1.54, 1.807) is 0 Å². The average Bonchev–Trinajstić information content (AvgIpc) is 2.73. The van der Waals surface area contributed by atoms with Gasteiger partial charge in [0.1, 0.15) is 12.2 Å². The van der Waals surface area contributed by atoms with E-state index in [2.05, 4.69) is 0 Å².